The molecule has 4 aromatic carbocycles. The van der Waals surface area contributed by atoms with Crippen LogP contribution in [0.1, 0.15) is 108 Å². The van der Waals surface area contributed by atoms with Crippen LogP contribution in [-0.2, 0) is 51.9 Å². The van der Waals surface area contributed by atoms with E-state index in [1.807, 2.05) is 0 Å². The first-order valence-corrected chi connectivity index (χ1v) is 15.1. The van der Waals surface area contributed by atoms with E-state index in [9.17, 15) is 0 Å². The van der Waals surface area contributed by atoms with Gasteiger partial charge in [0, 0.05) is 0 Å². The number of hydrogen-bond donors (Lipinski definition) is 0. The Hall–Kier alpha value is -0.877. The second kappa shape index (κ2) is 24.7. The van der Waals surface area contributed by atoms with Gasteiger partial charge in [0.2, 0.25) is 0 Å². The van der Waals surface area contributed by atoms with Gasteiger partial charge in [-0.25, -0.2) is 0 Å². The molecule has 0 aliphatic heterocycles. The largest absolute Gasteiger partial charge is 2.00 e. The van der Waals surface area contributed by atoms with Gasteiger partial charge in [0.25, 0.3) is 0 Å². The Labute approximate surface area is 278 Å². The van der Waals surface area contributed by atoms with Crippen molar-refractivity contribution in [2.45, 2.75) is 111 Å². The minimum atomic E-state index is 0. The number of unbranched alkanes of at least 4 members (excludes halogenated alkanes) is 4. The maximum absolute atomic E-state index is 3.38. The molecule has 0 atom stereocenters. The first kappa shape index (κ1) is 41.3. The summed E-state index contributed by atoms with van der Waals surface area (Å²) in [5.74, 6) is 0. The van der Waals surface area contributed by atoms with Crippen LogP contribution in [-0.4, -0.2) is 0 Å². The average molecular weight is 659 g/mol. The van der Waals surface area contributed by atoms with Gasteiger partial charge in [-0.3, -0.25) is 0 Å². The van der Waals surface area contributed by atoms with Gasteiger partial charge >= 0.3 is 26.2 Å². The summed E-state index contributed by atoms with van der Waals surface area (Å²) >= 11 is 0. The summed E-state index contributed by atoms with van der Waals surface area (Å²) in [5, 5.41) is 5.97. The van der Waals surface area contributed by atoms with E-state index in [1.54, 1.807) is 0 Å². The van der Waals surface area contributed by atoms with Crippen molar-refractivity contribution in [1.82, 2.24) is 0 Å². The Morgan fingerprint density at radius 1 is 0.500 bits per heavy atom. The predicted molar refractivity (Wildman–Crippen MR) is 169 cm³/mol. The van der Waals surface area contributed by atoms with E-state index < -0.39 is 0 Å². The molecule has 0 nitrogen and oxygen atoms in total. The summed E-state index contributed by atoms with van der Waals surface area (Å²) in [6, 6.07) is 23.0. The van der Waals surface area contributed by atoms with Gasteiger partial charge in [-0.2, -0.15) is 24.3 Å². The zero-order valence-corrected chi connectivity index (χ0v) is 29.6. The van der Waals surface area contributed by atoms with Crippen LogP contribution < -0.4 is 24.8 Å². The SMILES string of the molecule is CCCCc1ccc(CCCC)c2[cH-]ccc12.CCCCc1ccc(CCCC)c2[cH-]ccc12.[CH2-]C[CH2-].[Cl-].[Cl-].[Zr+2]. The van der Waals surface area contributed by atoms with E-state index >= 15 is 0 Å². The maximum Gasteiger partial charge on any atom is 2.00 e. The molecule has 4 aromatic rings. The fraction of sp³-hybridized carbons (Fsp3) is 0.459. The van der Waals surface area contributed by atoms with E-state index in [2.05, 4.69) is 102 Å². The van der Waals surface area contributed by atoms with Crippen molar-refractivity contribution < 1.29 is 51.0 Å². The van der Waals surface area contributed by atoms with E-state index in [0.29, 0.717) is 0 Å². The summed E-state index contributed by atoms with van der Waals surface area (Å²) in [6.45, 7) is 15.8. The number of rotatable bonds is 12. The smallest absolute Gasteiger partial charge is 1.00 e. The molecule has 0 aromatic heterocycles. The molecule has 0 saturated heterocycles. The number of aryl methyl sites for hydroxylation is 4. The van der Waals surface area contributed by atoms with Crippen molar-refractivity contribution in [2.24, 2.45) is 0 Å². The van der Waals surface area contributed by atoms with Gasteiger partial charge in [-0.15, -0.1) is 56.9 Å². The molecular weight excluding hydrogens is 607 g/mol. The van der Waals surface area contributed by atoms with Gasteiger partial charge < -0.3 is 45.1 Å². The van der Waals surface area contributed by atoms with Gasteiger partial charge in [0.15, 0.2) is 0 Å². The molecule has 0 aliphatic carbocycles. The molecule has 0 fully saturated rings. The molecule has 0 bridgehead atoms. The van der Waals surface area contributed by atoms with Gasteiger partial charge in [-0.1, -0.05) is 115 Å². The number of halogens is 2. The Kier molecular flexibility index (Phi) is 25.5. The topological polar surface area (TPSA) is 0 Å². The van der Waals surface area contributed by atoms with Crippen molar-refractivity contribution >= 4 is 21.5 Å². The third-order valence-electron chi connectivity index (χ3n) is 7.19. The molecule has 40 heavy (non-hydrogen) atoms. The third kappa shape index (κ3) is 13.0. The van der Waals surface area contributed by atoms with E-state index in [-0.39, 0.29) is 51.0 Å². The fourth-order valence-corrected chi connectivity index (χ4v) is 5.06. The molecule has 0 heterocycles. The zero-order chi connectivity index (χ0) is 26.9. The van der Waals surface area contributed by atoms with Gasteiger partial charge in [0.1, 0.15) is 0 Å². The molecule has 4 rings (SSSR count). The monoisotopic (exact) mass is 656 g/mol. The van der Waals surface area contributed by atoms with Crippen LogP contribution >= 0.6 is 0 Å². The standard InChI is InChI=1S/2C17H23.C3H6.2ClH.Zr/c2*1-3-5-8-14-12-13-15(9-6-4-2)17-11-7-10-16(14)17;1-3-2;;;/h2*7,10-13H,3-6,8-9H2,1-2H3;1-3H2;2*1H;/q2*-1;-2;;;+2/p-2. The van der Waals surface area contributed by atoms with Gasteiger partial charge in [0.05, 0.1) is 0 Å². The molecule has 0 unspecified atom stereocenters. The summed E-state index contributed by atoms with van der Waals surface area (Å²) in [4.78, 5) is 0. The van der Waals surface area contributed by atoms with E-state index in [4.69, 9.17) is 0 Å². The van der Waals surface area contributed by atoms with Crippen molar-refractivity contribution in [3.8, 4) is 0 Å². The summed E-state index contributed by atoms with van der Waals surface area (Å²) in [6.07, 6.45) is 16.0. The van der Waals surface area contributed by atoms with Gasteiger partial charge in [-0.05, 0) is 12.8 Å². The molecule has 0 spiro atoms. The summed E-state index contributed by atoms with van der Waals surface area (Å²) < 4.78 is 0. The number of fused-ring (bicyclic) bond motifs is 2. The Morgan fingerprint density at radius 3 is 1.07 bits per heavy atom. The van der Waals surface area contributed by atoms with Crippen LogP contribution in [0.4, 0.5) is 0 Å². The first-order valence-electron chi connectivity index (χ1n) is 15.1. The molecule has 0 aliphatic rings. The van der Waals surface area contributed by atoms with Crippen LogP contribution in [0, 0.1) is 13.8 Å². The molecule has 222 valence electrons. The fourth-order valence-electron chi connectivity index (χ4n) is 5.06. The van der Waals surface area contributed by atoms with Crippen LogP contribution in [0.15, 0.2) is 60.7 Å². The normalized spacial score (nSPS) is 9.95. The Morgan fingerprint density at radius 2 is 0.775 bits per heavy atom. The minimum absolute atomic E-state index is 0. The zero-order valence-electron chi connectivity index (χ0n) is 25.6. The van der Waals surface area contributed by atoms with Crippen molar-refractivity contribution in [1.29, 1.82) is 0 Å². The van der Waals surface area contributed by atoms with Crippen molar-refractivity contribution in [3.63, 3.8) is 0 Å². The number of benzene rings is 2. The number of hydrogen-bond acceptors (Lipinski definition) is 0. The quantitative estimate of drug-likeness (QED) is 0.176. The van der Waals surface area contributed by atoms with E-state index in [1.165, 1.54) is 121 Å². The van der Waals surface area contributed by atoms with Crippen LogP contribution in [0.5, 0.6) is 0 Å². The van der Waals surface area contributed by atoms with Crippen LogP contribution in [0.25, 0.3) is 21.5 Å². The predicted octanol–water partition coefficient (Wildman–Crippen LogP) is 5.54. The molecule has 3 heteroatoms. The molecule has 0 amide bonds. The third-order valence-corrected chi connectivity index (χ3v) is 7.19. The molecular formula is C37H52Cl2Zr-4. The van der Waals surface area contributed by atoms with E-state index in [0.717, 1.165) is 6.42 Å². The minimum Gasteiger partial charge on any atom is -1.00 e. The first-order chi connectivity index (χ1) is 18.1. The van der Waals surface area contributed by atoms with Crippen molar-refractivity contribution in [2.75, 3.05) is 0 Å². The Bertz CT molecular complexity index is 964. The molecule has 0 N–H and O–H groups in total. The summed E-state index contributed by atoms with van der Waals surface area (Å²) in [5.41, 5.74) is 6.14. The summed E-state index contributed by atoms with van der Waals surface area (Å²) in [7, 11) is 0. The van der Waals surface area contributed by atoms with Crippen LogP contribution in [0.2, 0.25) is 0 Å². The molecule has 0 saturated carbocycles. The molecule has 0 radical (unpaired) electrons. The Balaban J connectivity index is 0. The average Bonchev–Trinajstić information content (AvgIpc) is 3.61. The van der Waals surface area contributed by atoms with Crippen LogP contribution in [0.3, 0.4) is 0 Å². The van der Waals surface area contributed by atoms with Crippen molar-refractivity contribution in [3.05, 3.63) is 96.8 Å². The second-order valence-electron chi connectivity index (χ2n) is 10.2. The second-order valence-corrected chi connectivity index (χ2v) is 10.2. The maximum atomic E-state index is 3.38.